The number of hydrogen-bond donors (Lipinski definition) is 1. The minimum atomic E-state index is -4.50. The molecule has 0 aliphatic heterocycles. The number of benzene rings is 2. The van der Waals surface area contributed by atoms with Crippen molar-refractivity contribution in [3.8, 4) is 11.5 Å². The molecule has 0 atom stereocenters. The highest BCUT2D eigenvalue weighted by atomic mass is 35.5. The Morgan fingerprint density at radius 1 is 1.12 bits per heavy atom. The highest BCUT2D eigenvalue weighted by Gasteiger charge is 2.32. The van der Waals surface area contributed by atoms with Crippen molar-refractivity contribution in [3.05, 3.63) is 52.0 Å². The number of aryl methyl sites for hydroxylation is 1. The summed E-state index contributed by atoms with van der Waals surface area (Å²) in [5, 5.41) is 2.57. The van der Waals surface area contributed by atoms with Crippen LogP contribution in [-0.4, -0.2) is 20.1 Å². The smallest absolute Gasteiger partial charge is 0.416 e. The van der Waals surface area contributed by atoms with Gasteiger partial charge >= 0.3 is 6.18 Å². The van der Waals surface area contributed by atoms with Gasteiger partial charge in [-0.25, -0.2) is 0 Å². The second-order valence-corrected chi connectivity index (χ2v) is 5.58. The van der Waals surface area contributed by atoms with E-state index in [0.29, 0.717) is 0 Å². The lowest BCUT2D eigenvalue weighted by atomic mass is 10.1. The molecular weight excluding hydrogens is 359 g/mol. The Morgan fingerprint density at radius 2 is 1.80 bits per heavy atom. The van der Waals surface area contributed by atoms with E-state index in [1.54, 1.807) is 0 Å². The number of amides is 1. The molecule has 2 aromatic rings. The van der Waals surface area contributed by atoms with Crippen molar-refractivity contribution in [2.75, 3.05) is 19.5 Å². The predicted molar refractivity (Wildman–Crippen MR) is 88.7 cm³/mol. The number of hydrogen-bond acceptors (Lipinski definition) is 3. The Labute approximate surface area is 147 Å². The third kappa shape index (κ3) is 4.17. The van der Waals surface area contributed by atoms with Gasteiger partial charge in [0.1, 0.15) is 0 Å². The van der Waals surface area contributed by atoms with Gasteiger partial charge in [0.2, 0.25) is 0 Å². The molecule has 0 fully saturated rings. The van der Waals surface area contributed by atoms with E-state index in [-0.39, 0.29) is 33.3 Å². The van der Waals surface area contributed by atoms with E-state index in [9.17, 15) is 18.0 Å². The third-order valence-electron chi connectivity index (χ3n) is 3.50. The number of nitrogens with one attached hydrogen (secondary N) is 1. The first-order chi connectivity index (χ1) is 11.7. The van der Waals surface area contributed by atoms with Crippen LogP contribution < -0.4 is 14.8 Å². The fourth-order valence-electron chi connectivity index (χ4n) is 2.26. The SMILES string of the molecule is COc1cc(C(=O)Nc2ccc(C)c(C(F)(F)F)c2)cc(Cl)c1OC. The van der Waals surface area contributed by atoms with Gasteiger partial charge in [0.15, 0.2) is 11.5 Å². The first-order valence-corrected chi connectivity index (χ1v) is 7.46. The molecule has 0 saturated carbocycles. The normalized spacial score (nSPS) is 11.2. The van der Waals surface area contributed by atoms with Gasteiger partial charge in [-0.2, -0.15) is 13.2 Å². The molecule has 2 aromatic carbocycles. The van der Waals surface area contributed by atoms with Crippen LogP contribution >= 0.6 is 11.6 Å². The lowest BCUT2D eigenvalue weighted by Gasteiger charge is -2.14. The largest absolute Gasteiger partial charge is 0.493 e. The summed E-state index contributed by atoms with van der Waals surface area (Å²) in [5.41, 5.74) is -0.596. The van der Waals surface area contributed by atoms with Crippen LogP contribution in [0.1, 0.15) is 21.5 Å². The topological polar surface area (TPSA) is 47.6 Å². The van der Waals surface area contributed by atoms with Crippen LogP contribution in [0, 0.1) is 6.92 Å². The Kier molecular flexibility index (Phi) is 5.47. The molecule has 1 amide bonds. The summed E-state index contributed by atoms with van der Waals surface area (Å²) in [6.45, 7) is 1.35. The Morgan fingerprint density at radius 3 is 2.36 bits per heavy atom. The average Bonchev–Trinajstić information content (AvgIpc) is 2.54. The summed E-state index contributed by atoms with van der Waals surface area (Å²) in [4.78, 5) is 12.3. The molecule has 4 nitrogen and oxygen atoms in total. The first kappa shape index (κ1) is 18.9. The number of methoxy groups -OCH3 is 2. The number of halogens is 4. The van der Waals surface area contributed by atoms with Crippen LogP contribution in [0.25, 0.3) is 0 Å². The number of alkyl halides is 3. The molecule has 0 unspecified atom stereocenters. The lowest BCUT2D eigenvalue weighted by Crippen LogP contribution is -2.14. The van der Waals surface area contributed by atoms with Crippen LogP contribution in [0.3, 0.4) is 0 Å². The minimum absolute atomic E-state index is 0.0221. The van der Waals surface area contributed by atoms with Crippen molar-refractivity contribution in [1.82, 2.24) is 0 Å². The second kappa shape index (κ2) is 7.23. The predicted octanol–water partition coefficient (Wildman–Crippen LogP) is 4.94. The molecule has 0 radical (unpaired) electrons. The summed E-state index contributed by atoms with van der Waals surface area (Å²) in [6, 6.07) is 6.30. The fourth-order valence-corrected chi connectivity index (χ4v) is 2.55. The highest BCUT2D eigenvalue weighted by Crippen LogP contribution is 2.37. The molecule has 0 spiro atoms. The average molecular weight is 374 g/mol. The zero-order valence-electron chi connectivity index (χ0n) is 13.6. The van der Waals surface area contributed by atoms with Crippen LogP contribution in [0.5, 0.6) is 11.5 Å². The van der Waals surface area contributed by atoms with Crippen LogP contribution in [0.15, 0.2) is 30.3 Å². The number of anilines is 1. The van der Waals surface area contributed by atoms with Gasteiger partial charge in [-0.1, -0.05) is 17.7 Å². The Balaban J connectivity index is 2.33. The number of ether oxygens (including phenoxy) is 2. The molecule has 25 heavy (non-hydrogen) atoms. The molecule has 0 saturated heterocycles. The van der Waals surface area contributed by atoms with E-state index in [1.165, 1.54) is 45.4 Å². The summed E-state index contributed by atoms with van der Waals surface area (Å²) in [7, 11) is 2.78. The molecule has 0 bridgehead atoms. The van der Waals surface area contributed by atoms with E-state index in [4.69, 9.17) is 21.1 Å². The molecule has 8 heteroatoms. The quantitative estimate of drug-likeness (QED) is 0.826. The number of rotatable bonds is 4. The lowest BCUT2D eigenvalue weighted by molar-refractivity contribution is -0.138. The highest BCUT2D eigenvalue weighted by molar-refractivity contribution is 6.32. The van der Waals surface area contributed by atoms with E-state index >= 15 is 0 Å². The Bertz CT molecular complexity index is 806. The molecular formula is C17H15ClF3NO3. The van der Waals surface area contributed by atoms with Gasteiger partial charge < -0.3 is 14.8 Å². The van der Waals surface area contributed by atoms with E-state index in [2.05, 4.69) is 5.32 Å². The van der Waals surface area contributed by atoms with Crippen molar-refractivity contribution in [2.45, 2.75) is 13.1 Å². The zero-order valence-corrected chi connectivity index (χ0v) is 14.4. The standard InChI is InChI=1S/C17H15ClF3NO3/c1-9-4-5-11(8-12(9)17(19,20)21)22-16(23)10-6-13(18)15(25-3)14(7-10)24-2/h4-8H,1-3H3,(H,22,23). The summed E-state index contributed by atoms with van der Waals surface area (Å²) in [6.07, 6.45) is -4.50. The van der Waals surface area contributed by atoms with E-state index in [0.717, 1.165) is 6.07 Å². The van der Waals surface area contributed by atoms with Crippen LogP contribution in [0.4, 0.5) is 18.9 Å². The first-order valence-electron chi connectivity index (χ1n) is 7.08. The monoisotopic (exact) mass is 373 g/mol. The molecule has 0 aliphatic carbocycles. The molecule has 0 heterocycles. The van der Waals surface area contributed by atoms with Crippen molar-refractivity contribution in [3.63, 3.8) is 0 Å². The maximum atomic E-state index is 13.0. The molecule has 2 rings (SSSR count). The van der Waals surface area contributed by atoms with Crippen molar-refractivity contribution in [1.29, 1.82) is 0 Å². The van der Waals surface area contributed by atoms with Gasteiger partial charge in [0, 0.05) is 11.3 Å². The van der Waals surface area contributed by atoms with Crippen molar-refractivity contribution >= 4 is 23.2 Å². The number of carbonyl (C=O) groups is 1. The van der Waals surface area contributed by atoms with E-state index in [1.807, 2.05) is 0 Å². The zero-order chi connectivity index (χ0) is 18.8. The Hall–Kier alpha value is -2.41. The van der Waals surface area contributed by atoms with Gasteiger partial charge in [0.05, 0.1) is 24.8 Å². The molecule has 1 N–H and O–H groups in total. The van der Waals surface area contributed by atoms with Gasteiger partial charge in [-0.05, 0) is 36.8 Å². The van der Waals surface area contributed by atoms with Gasteiger partial charge in [-0.15, -0.1) is 0 Å². The minimum Gasteiger partial charge on any atom is -0.493 e. The van der Waals surface area contributed by atoms with Crippen LogP contribution in [0.2, 0.25) is 5.02 Å². The third-order valence-corrected chi connectivity index (χ3v) is 3.78. The molecule has 0 aliphatic rings. The number of carbonyl (C=O) groups excluding carboxylic acids is 1. The van der Waals surface area contributed by atoms with Gasteiger partial charge in [0.25, 0.3) is 5.91 Å². The van der Waals surface area contributed by atoms with Crippen LogP contribution in [-0.2, 0) is 6.18 Å². The maximum absolute atomic E-state index is 13.0. The molecule has 134 valence electrons. The second-order valence-electron chi connectivity index (χ2n) is 5.18. The van der Waals surface area contributed by atoms with Gasteiger partial charge in [-0.3, -0.25) is 4.79 Å². The fraction of sp³-hybridized carbons (Fsp3) is 0.235. The summed E-state index contributed by atoms with van der Waals surface area (Å²) < 4.78 is 49.1. The summed E-state index contributed by atoms with van der Waals surface area (Å²) >= 11 is 6.03. The molecule has 0 aromatic heterocycles. The van der Waals surface area contributed by atoms with E-state index < -0.39 is 17.6 Å². The van der Waals surface area contributed by atoms with Crippen molar-refractivity contribution < 1.29 is 27.4 Å². The summed E-state index contributed by atoms with van der Waals surface area (Å²) in [5.74, 6) is -0.129. The van der Waals surface area contributed by atoms with Crippen molar-refractivity contribution in [2.24, 2.45) is 0 Å². The maximum Gasteiger partial charge on any atom is 0.416 e.